The van der Waals surface area contributed by atoms with Gasteiger partial charge in [-0.1, -0.05) is 42.0 Å². The van der Waals surface area contributed by atoms with E-state index in [1.54, 1.807) is 12.0 Å². The van der Waals surface area contributed by atoms with Crippen molar-refractivity contribution >= 4 is 16.9 Å². The molecule has 1 aromatic heterocycles. The number of halogens is 1. The first-order valence-electron chi connectivity index (χ1n) is 10.2. The standard InChI is InChI=1S/C26H20FNO4/c1-15-3-7-17(8-4-15)23-22-24(29)20-13-18(27)9-12-21(20)32-25(22)26(30)28(23)14-16-5-10-19(31-2)11-6-16/h3-13,23H,14H2,1-2H3. The second-order valence-corrected chi connectivity index (χ2v) is 7.91. The Labute approximate surface area is 183 Å². The van der Waals surface area contributed by atoms with E-state index in [1.807, 2.05) is 55.5 Å². The minimum Gasteiger partial charge on any atom is -0.497 e. The van der Waals surface area contributed by atoms with E-state index in [9.17, 15) is 14.0 Å². The Morgan fingerprint density at radius 3 is 2.41 bits per heavy atom. The normalized spacial score (nSPS) is 15.3. The molecule has 0 aliphatic carbocycles. The zero-order valence-corrected chi connectivity index (χ0v) is 17.6. The van der Waals surface area contributed by atoms with E-state index in [1.165, 1.54) is 12.1 Å². The number of benzene rings is 3. The van der Waals surface area contributed by atoms with Crippen molar-refractivity contribution in [2.75, 3.05) is 7.11 Å². The van der Waals surface area contributed by atoms with Gasteiger partial charge in [-0.3, -0.25) is 9.59 Å². The maximum Gasteiger partial charge on any atom is 0.291 e. The second-order valence-electron chi connectivity index (χ2n) is 7.91. The Morgan fingerprint density at radius 1 is 1.00 bits per heavy atom. The van der Waals surface area contributed by atoms with Crippen molar-refractivity contribution in [1.29, 1.82) is 0 Å². The number of aryl methyl sites for hydroxylation is 1. The molecule has 5 rings (SSSR count). The molecule has 0 N–H and O–H groups in total. The fourth-order valence-corrected chi connectivity index (χ4v) is 4.18. The van der Waals surface area contributed by atoms with Gasteiger partial charge in [0.25, 0.3) is 5.91 Å². The Morgan fingerprint density at radius 2 is 1.72 bits per heavy atom. The lowest BCUT2D eigenvalue weighted by molar-refractivity contribution is 0.0714. The largest absolute Gasteiger partial charge is 0.497 e. The molecule has 0 fully saturated rings. The van der Waals surface area contributed by atoms with Crippen LogP contribution in [0.25, 0.3) is 11.0 Å². The average Bonchev–Trinajstić information content (AvgIpc) is 3.07. The lowest BCUT2D eigenvalue weighted by Crippen LogP contribution is -2.29. The third-order valence-corrected chi connectivity index (χ3v) is 5.83. The fourth-order valence-electron chi connectivity index (χ4n) is 4.18. The molecular formula is C26H20FNO4. The third kappa shape index (κ3) is 3.24. The summed E-state index contributed by atoms with van der Waals surface area (Å²) in [5, 5.41) is 0.125. The summed E-state index contributed by atoms with van der Waals surface area (Å²) in [6.45, 7) is 2.24. The van der Waals surface area contributed by atoms with Crippen LogP contribution in [-0.2, 0) is 6.54 Å². The van der Waals surface area contributed by atoms with Gasteiger partial charge in [0.2, 0.25) is 5.76 Å². The molecule has 0 saturated heterocycles. The summed E-state index contributed by atoms with van der Waals surface area (Å²) in [6, 6.07) is 18.2. The van der Waals surface area contributed by atoms with Crippen molar-refractivity contribution in [2.24, 2.45) is 0 Å². The van der Waals surface area contributed by atoms with E-state index in [2.05, 4.69) is 0 Å². The van der Waals surface area contributed by atoms with E-state index in [4.69, 9.17) is 9.15 Å². The van der Waals surface area contributed by atoms with Crippen molar-refractivity contribution < 1.29 is 18.3 Å². The van der Waals surface area contributed by atoms with Gasteiger partial charge in [-0.05, 0) is 48.4 Å². The van der Waals surface area contributed by atoms with Crippen LogP contribution in [-0.4, -0.2) is 17.9 Å². The number of ether oxygens (including phenoxy) is 1. The predicted octanol–water partition coefficient (Wildman–Crippen LogP) is 4.99. The summed E-state index contributed by atoms with van der Waals surface area (Å²) < 4.78 is 24.9. The van der Waals surface area contributed by atoms with Gasteiger partial charge in [-0.2, -0.15) is 0 Å². The molecule has 160 valence electrons. The Kier molecular flexibility index (Phi) is 4.78. The highest BCUT2D eigenvalue weighted by Crippen LogP contribution is 2.39. The minimum absolute atomic E-state index is 0.00759. The topological polar surface area (TPSA) is 59.8 Å². The monoisotopic (exact) mass is 429 g/mol. The van der Waals surface area contributed by atoms with E-state index >= 15 is 0 Å². The summed E-state index contributed by atoms with van der Waals surface area (Å²) in [6.07, 6.45) is 0. The molecule has 0 bridgehead atoms. The number of hydrogen-bond acceptors (Lipinski definition) is 4. The van der Waals surface area contributed by atoms with Crippen molar-refractivity contribution in [3.63, 3.8) is 0 Å². The molecule has 1 aliphatic heterocycles. The van der Waals surface area contributed by atoms with Gasteiger partial charge >= 0.3 is 0 Å². The van der Waals surface area contributed by atoms with E-state index in [-0.39, 0.29) is 34.7 Å². The predicted molar refractivity (Wildman–Crippen MR) is 118 cm³/mol. The van der Waals surface area contributed by atoms with E-state index in [0.29, 0.717) is 5.75 Å². The molecule has 1 atom stereocenters. The molecule has 6 heteroatoms. The number of fused-ring (bicyclic) bond motifs is 2. The SMILES string of the molecule is COc1ccc(CN2C(=O)c3oc4ccc(F)cc4c(=O)c3C2c2ccc(C)cc2)cc1. The number of methoxy groups -OCH3 is 1. The first-order valence-corrected chi connectivity index (χ1v) is 10.2. The molecule has 5 nitrogen and oxygen atoms in total. The molecule has 3 aromatic carbocycles. The van der Waals surface area contributed by atoms with Crippen molar-refractivity contribution in [1.82, 2.24) is 4.90 Å². The van der Waals surface area contributed by atoms with Crippen LogP contribution in [0.5, 0.6) is 5.75 Å². The number of nitrogens with zero attached hydrogens (tertiary/aromatic N) is 1. The number of carbonyl (C=O) groups is 1. The van der Waals surface area contributed by atoms with Crippen LogP contribution in [0, 0.1) is 12.7 Å². The molecule has 1 unspecified atom stereocenters. The van der Waals surface area contributed by atoms with Crippen molar-refractivity contribution in [2.45, 2.75) is 19.5 Å². The quantitative estimate of drug-likeness (QED) is 0.458. The highest BCUT2D eigenvalue weighted by molar-refractivity contribution is 5.99. The number of rotatable bonds is 4. The zero-order valence-electron chi connectivity index (χ0n) is 17.6. The number of carbonyl (C=O) groups excluding carboxylic acids is 1. The van der Waals surface area contributed by atoms with Crippen LogP contribution < -0.4 is 10.2 Å². The van der Waals surface area contributed by atoms with Gasteiger partial charge in [0.15, 0.2) is 5.43 Å². The molecule has 32 heavy (non-hydrogen) atoms. The average molecular weight is 429 g/mol. The van der Waals surface area contributed by atoms with Crippen molar-refractivity contribution in [3.05, 3.63) is 111 Å². The third-order valence-electron chi connectivity index (χ3n) is 5.83. The number of hydrogen-bond donors (Lipinski definition) is 0. The first-order chi connectivity index (χ1) is 15.5. The van der Waals surface area contributed by atoms with Crippen LogP contribution >= 0.6 is 0 Å². The maximum absolute atomic E-state index is 13.9. The molecule has 2 heterocycles. The van der Waals surface area contributed by atoms with Gasteiger partial charge in [-0.25, -0.2) is 4.39 Å². The number of amides is 1. The lowest BCUT2D eigenvalue weighted by atomic mass is 9.97. The van der Waals surface area contributed by atoms with Gasteiger partial charge < -0.3 is 14.1 Å². The van der Waals surface area contributed by atoms with Crippen LogP contribution in [0.1, 0.15) is 38.9 Å². The van der Waals surface area contributed by atoms with Crippen LogP contribution in [0.4, 0.5) is 4.39 Å². The molecule has 0 spiro atoms. The molecule has 4 aromatic rings. The van der Waals surface area contributed by atoms with Crippen LogP contribution in [0.2, 0.25) is 0 Å². The summed E-state index contributed by atoms with van der Waals surface area (Å²) in [4.78, 5) is 28.5. The Bertz CT molecular complexity index is 1390. The summed E-state index contributed by atoms with van der Waals surface area (Å²) in [5.41, 5.74) is 2.78. The van der Waals surface area contributed by atoms with Gasteiger partial charge in [0.05, 0.1) is 24.1 Å². The highest BCUT2D eigenvalue weighted by Gasteiger charge is 2.42. The summed E-state index contributed by atoms with van der Waals surface area (Å²) in [7, 11) is 1.59. The highest BCUT2D eigenvalue weighted by atomic mass is 19.1. The van der Waals surface area contributed by atoms with Gasteiger partial charge in [0.1, 0.15) is 17.1 Å². The van der Waals surface area contributed by atoms with E-state index < -0.39 is 17.3 Å². The smallest absolute Gasteiger partial charge is 0.291 e. The fraction of sp³-hybridized carbons (Fsp3) is 0.154. The Balaban J connectivity index is 1.68. The molecular weight excluding hydrogens is 409 g/mol. The van der Waals surface area contributed by atoms with Crippen molar-refractivity contribution in [3.8, 4) is 5.75 Å². The maximum atomic E-state index is 13.9. The Hall–Kier alpha value is -3.93. The van der Waals surface area contributed by atoms with Gasteiger partial charge in [-0.15, -0.1) is 0 Å². The molecule has 0 saturated carbocycles. The molecule has 0 radical (unpaired) electrons. The van der Waals surface area contributed by atoms with E-state index in [0.717, 1.165) is 22.8 Å². The summed E-state index contributed by atoms with van der Waals surface area (Å²) in [5.74, 6) is -0.182. The lowest BCUT2D eigenvalue weighted by Gasteiger charge is -2.25. The van der Waals surface area contributed by atoms with Crippen LogP contribution in [0.15, 0.2) is 75.9 Å². The summed E-state index contributed by atoms with van der Waals surface area (Å²) >= 11 is 0. The molecule has 1 aliphatic rings. The zero-order chi connectivity index (χ0) is 22.4. The first kappa shape index (κ1) is 20.0. The van der Waals surface area contributed by atoms with Crippen LogP contribution in [0.3, 0.4) is 0 Å². The van der Waals surface area contributed by atoms with Gasteiger partial charge in [0, 0.05) is 6.54 Å². The molecule has 1 amide bonds. The second kappa shape index (κ2) is 7.64. The minimum atomic E-state index is -0.635.